The normalized spacial score (nSPS) is 10.0. The molecule has 0 aliphatic rings. The quantitative estimate of drug-likeness (QED) is 0.771. The largest absolute Gasteiger partial charge is 0.454 e. The van der Waals surface area contributed by atoms with E-state index in [1.165, 1.54) is 18.2 Å². The van der Waals surface area contributed by atoms with E-state index in [1.54, 1.807) is 24.3 Å². The van der Waals surface area contributed by atoms with E-state index in [0.717, 1.165) is 6.07 Å². The first-order chi connectivity index (χ1) is 11.9. The van der Waals surface area contributed by atoms with Gasteiger partial charge in [0.25, 0.3) is 11.8 Å². The standard InChI is InChI=1S/C17H14ClFN2O4/c18-12-4-2-6-14(8-12)21-15(22)10-25-16(23)9-20-17(24)11-3-1-5-13(19)7-11/h1-8H,9-10H2,(H,20,24)(H,21,22). The number of carbonyl (C=O) groups excluding carboxylic acids is 3. The summed E-state index contributed by atoms with van der Waals surface area (Å²) in [6.07, 6.45) is 0. The Morgan fingerprint density at radius 1 is 1.08 bits per heavy atom. The Labute approximate surface area is 147 Å². The molecule has 2 aromatic carbocycles. The molecule has 0 unspecified atom stereocenters. The first kappa shape index (κ1) is 18.4. The summed E-state index contributed by atoms with van der Waals surface area (Å²) >= 11 is 5.79. The summed E-state index contributed by atoms with van der Waals surface area (Å²) in [5.74, 6) is -2.54. The molecule has 0 radical (unpaired) electrons. The summed E-state index contributed by atoms with van der Waals surface area (Å²) in [6.45, 7) is -0.957. The van der Waals surface area contributed by atoms with Crippen molar-refractivity contribution in [2.24, 2.45) is 0 Å². The van der Waals surface area contributed by atoms with Gasteiger partial charge in [0.2, 0.25) is 0 Å². The molecule has 2 aromatic rings. The van der Waals surface area contributed by atoms with E-state index in [9.17, 15) is 18.8 Å². The van der Waals surface area contributed by atoms with Crippen LogP contribution in [0, 0.1) is 5.82 Å². The molecule has 6 nitrogen and oxygen atoms in total. The molecule has 0 aliphatic heterocycles. The second-order valence-electron chi connectivity index (χ2n) is 4.91. The smallest absolute Gasteiger partial charge is 0.325 e. The van der Waals surface area contributed by atoms with E-state index in [4.69, 9.17) is 16.3 Å². The van der Waals surface area contributed by atoms with Crippen molar-refractivity contribution in [2.75, 3.05) is 18.5 Å². The maximum atomic E-state index is 13.0. The molecular formula is C17H14ClFN2O4. The van der Waals surface area contributed by atoms with Crippen molar-refractivity contribution in [3.8, 4) is 0 Å². The lowest BCUT2D eigenvalue weighted by atomic mass is 10.2. The van der Waals surface area contributed by atoms with Crippen LogP contribution in [0.1, 0.15) is 10.4 Å². The average molecular weight is 365 g/mol. The molecule has 8 heteroatoms. The van der Waals surface area contributed by atoms with Crippen molar-refractivity contribution in [1.82, 2.24) is 5.32 Å². The zero-order chi connectivity index (χ0) is 18.2. The third kappa shape index (κ3) is 6.23. The molecule has 2 amide bonds. The van der Waals surface area contributed by atoms with E-state index >= 15 is 0 Å². The summed E-state index contributed by atoms with van der Waals surface area (Å²) in [4.78, 5) is 34.9. The highest BCUT2D eigenvalue weighted by atomic mass is 35.5. The number of benzene rings is 2. The first-order valence-corrected chi connectivity index (χ1v) is 7.56. The lowest BCUT2D eigenvalue weighted by Gasteiger charge is -2.08. The number of anilines is 1. The number of hydrogen-bond acceptors (Lipinski definition) is 4. The van der Waals surface area contributed by atoms with Gasteiger partial charge in [0.15, 0.2) is 6.61 Å². The van der Waals surface area contributed by atoms with Crippen LogP contribution in [-0.2, 0) is 14.3 Å². The molecule has 0 heterocycles. The minimum Gasteiger partial charge on any atom is -0.454 e. The molecule has 25 heavy (non-hydrogen) atoms. The van der Waals surface area contributed by atoms with Gasteiger partial charge in [0, 0.05) is 16.3 Å². The van der Waals surface area contributed by atoms with Gasteiger partial charge in [-0.1, -0.05) is 23.7 Å². The van der Waals surface area contributed by atoms with Crippen LogP contribution in [0.4, 0.5) is 10.1 Å². The van der Waals surface area contributed by atoms with Crippen LogP contribution in [0.3, 0.4) is 0 Å². The van der Waals surface area contributed by atoms with Crippen molar-refractivity contribution in [1.29, 1.82) is 0 Å². The number of carbonyl (C=O) groups is 3. The fourth-order valence-electron chi connectivity index (χ4n) is 1.84. The van der Waals surface area contributed by atoms with E-state index in [1.807, 2.05) is 0 Å². The molecule has 130 valence electrons. The summed E-state index contributed by atoms with van der Waals surface area (Å²) in [5, 5.41) is 5.24. The highest BCUT2D eigenvalue weighted by Crippen LogP contribution is 2.14. The van der Waals surface area contributed by atoms with Crippen molar-refractivity contribution in [2.45, 2.75) is 0 Å². The second kappa shape index (κ2) is 8.79. The lowest BCUT2D eigenvalue weighted by molar-refractivity contribution is -0.146. The summed E-state index contributed by atoms with van der Waals surface area (Å²) < 4.78 is 17.8. The predicted octanol–water partition coefficient (Wildman–Crippen LogP) is 2.39. The van der Waals surface area contributed by atoms with E-state index < -0.39 is 36.8 Å². The maximum absolute atomic E-state index is 13.0. The predicted molar refractivity (Wildman–Crippen MR) is 89.8 cm³/mol. The highest BCUT2D eigenvalue weighted by Gasteiger charge is 2.11. The number of nitrogens with one attached hydrogen (secondary N) is 2. The van der Waals surface area contributed by atoms with Gasteiger partial charge >= 0.3 is 5.97 Å². The van der Waals surface area contributed by atoms with E-state index in [-0.39, 0.29) is 5.56 Å². The number of halogens is 2. The molecule has 2 N–H and O–H groups in total. The summed E-state index contributed by atoms with van der Waals surface area (Å²) in [7, 11) is 0. The second-order valence-corrected chi connectivity index (χ2v) is 5.35. The zero-order valence-electron chi connectivity index (χ0n) is 12.9. The number of esters is 1. The number of hydrogen-bond donors (Lipinski definition) is 2. The Morgan fingerprint density at radius 2 is 1.84 bits per heavy atom. The fraction of sp³-hybridized carbons (Fsp3) is 0.118. The van der Waals surface area contributed by atoms with Gasteiger partial charge in [-0.25, -0.2) is 4.39 Å². The van der Waals surface area contributed by atoms with E-state index in [2.05, 4.69) is 10.6 Å². The third-order valence-corrected chi connectivity index (χ3v) is 3.19. The Hall–Kier alpha value is -2.93. The SMILES string of the molecule is O=C(COC(=O)CNC(=O)c1cccc(F)c1)Nc1cccc(Cl)c1. The third-order valence-electron chi connectivity index (χ3n) is 2.95. The minimum absolute atomic E-state index is 0.0755. The summed E-state index contributed by atoms with van der Waals surface area (Å²) in [5.41, 5.74) is 0.541. The molecule has 0 fully saturated rings. The first-order valence-electron chi connectivity index (χ1n) is 7.19. The Kier molecular flexibility index (Phi) is 6.47. The van der Waals surface area contributed by atoms with Gasteiger partial charge in [0.05, 0.1) is 0 Å². The van der Waals surface area contributed by atoms with Gasteiger partial charge in [-0.15, -0.1) is 0 Å². The summed E-state index contributed by atoms with van der Waals surface area (Å²) in [6, 6.07) is 11.5. The van der Waals surface area contributed by atoms with Crippen LogP contribution in [0.25, 0.3) is 0 Å². The van der Waals surface area contributed by atoms with Crippen LogP contribution >= 0.6 is 11.6 Å². The van der Waals surface area contributed by atoms with E-state index in [0.29, 0.717) is 10.7 Å². The maximum Gasteiger partial charge on any atom is 0.325 e. The highest BCUT2D eigenvalue weighted by molar-refractivity contribution is 6.30. The molecule has 0 aliphatic carbocycles. The van der Waals surface area contributed by atoms with Gasteiger partial charge in [0.1, 0.15) is 12.4 Å². The Morgan fingerprint density at radius 3 is 2.56 bits per heavy atom. The molecule has 2 rings (SSSR count). The van der Waals surface area contributed by atoms with Gasteiger partial charge in [-0.3, -0.25) is 14.4 Å². The van der Waals surface area contributed by atoms with Gasteiger partial charge in [-0.05, 0) is 36.4 Å². The molecule has 0 saturated heterocycles. The van der Waals surface area contributed by atoms with Crippen molar-refractivity contribution in [3.05, 3.63) is 64.9 Å². The van der Waals surface area contributed by atoms with Crippen molar-refractivity contribution in [3.63, 3.8) is 0 Å². The number of rotatable bonds is 6. The van der Waals surface area contributed by atoms with Crippen LogP contribution < -0.4 is 10.6 Å². The Bertz CT molecular complexity index is 798. The average Bonchev–Trinajstić information content (AvgIpc) is 2.58. The topological polar surface area (TPSA) is 84.5 Å². The molecule has 0 bridgehead atoms. The minimum atomic E-state index is -0.800. The molecular weight excluding hydrogens is 351 g/mol. The Balaban J connectivity index is 1.73. The van der Waals surface area contributed by atoms with Crippen LogP contribution in [0.15, 0.2) is 48.5 Å². The van der Waals surface area contributed by atoms with Crippen molar-refractivity contribution >= 4 is 35.1 Å². The van der Waals surface area contributed by atoms with Crippen LogP contribution in [0.2, 0.25) is 5.02 Å². The number of amides is 2. The molecule has 0 saturated carbocycles. The number of ether oxygens (including phenoxy) is 1. The monoisotopic (exact) mass is 364 g/mol. The molecule has 0 atom stereocenters. The molecule has 0 spiro atoms. The van der Waals surface area contributed by atoms with Gasteiger partial charge in [-0.2, -0.15) is 0 Å². The fourth-order valence-corrected chi connectivity index (χ4v) is 2.03. The van der Waals surface area contributed by atoms with Crippen LogP contribution in [-0.4, -0.2) is 30.9 Å². The van der Waals surface area contributed by atoms with Crippen LogP contribution in [0.5, 0.6) is 0 Å². The van der Waals surface area contributed by atoms with Crippen molar-refractivity contribution < 1.29 is 23.5 Å². The molecule has 0 aromatic heterocycles. The lowest BCUT2D eigenvalue weighted by Crippen LogP contribution is -2.32. The van der Waals surface area contributed by atoms with Gasteiger partial charge < -0.3 is 15.4 Å². The zero-order valence-corrected chi connectivity index (χ0v) is 13.7.